The molecule has 0 amide bonds. The van der Waals surface area contributed by atoms with Crippen molar-refractivity contribution in [3.63, 3.8) is 0 Å². The molecule has 2 aromatic rings. The number of benzene rings is 1. The SMILES string of the molecule is CC1CN(c2cc(=O)c3cc(C(=O)O)cc(C(C)O)c3o2)CCO1. The van der Waals surface area contributed by atoms with Gasteiger partial charge in [-0.1, -0.05) is 0 Å². The number of anilines is 1. The van der Waals surface area contributed by atoms with E-state index in [2.05, 4.69) is 0 Å². The first-order chi connectivity index (χ1) is 11.4. The number of ether oxygens (including phenoxy) is 1. The van der Waals surface area contributed by atoms with Crippen molar-refractivity contribution in [3.8, 4) is 0 Å². The number of aliphatic hydroxyl groups excluding tert-OH is 1. The highest BCUT2D eigenvalue weighted by atomic mass is 16.5. The van der Waals surface area contributed by atoms with Crippen molar-refractivity contribution in [2.24, 2.45) is 0 Å². The van der Waals surface area contributed by atoms with E-state index in [9.17, 15) is 19.8 Å². The fourth-order valence-corrected chi connectivity index (χ4v) is 2.88. The third-order valence-corrected chi connectivity index (χ3v) is 4.09. The Balaban J connectivity index is 2.19. The number of aromatic carboxylic acids is 1. The second-order valence-electron chi connectivity index (χ2n) is 6.00. The Morgan fingerprint density at radius 1 is 1.38 bits per heavy atom. The fraction of sp³-hybridized carbons (Fsp3) is 0.412. The minimum absolute atomic E-state index is 0.0189. The Hall–Kier alpha value is -2.38. The molecule has 24 heavy (non-hydrogen) atoms. The minimum atomic E-state index is -1.16. The van der Waals surface area contributed by atoms with Gasteiger partial charge in [0.25, 0.3) is 0 Å². The van der Waals surface area contributed by atoms with Gasteiger partial charge in [-0.25, -0.2) is 4.79 Å². The van der Waals surface area contributed by atoms with Crippen molar-refractivity contribution in [1.82, 2.24) is 0 Å². The smallest absolute Gasteiger partial charge is 0.335 e. The molecular weight excluding hydrogens is 314 g/mol. The molecule has 128 valence electrons. The molecule has 0 aliphatic carbocycles. The lowest BCUT2D eigenvalue weighted by Crippen LogP contribution is -2.41. The number of morpholine rings is 1. The molecule has 0 spiro atoms. The number of aliphatic hydroxyl groups is 1. The van der Waals surface area contributed by atoms with E-state index in [4.69, 9.17) is 9.15 Å². The van der Waals surface area contributed by atoms with Crippen molar-refractivity contribution in [3.05, 3.63) is 39.5 Å². The first kappa shape index (κ1) is 16.5. The van der Waals surface area contributed by atoms with Crippen LogP contribution in [0.15, 0.2) is 27.4 Å². The Morgan fingerprint density at radius 2 is 2.12 bits per heavy atom. The zero-order valence-electron chi connectivity index (χ0n) is 13.5. The van der Waals surface area contributed by atoms with Crippen molar-refractivity contribution < 1.29 is 24.2 Å². The third-order valence-electron chi connectivity index (χ3n) is 4.09. The maximum absolute atomic E-state index is 12.5. The van der Waals surface area contributed by atoms with E-state index in [1.54, 1.807) is 0 Å². The summed E-state index contributed by atoms with van der Waals surface area (Å²) in [6.45, 7) is 5.15. The molecule has 0 bridgehead atoms. The van der Waals surface area contributed by atoms with E-state index >= 15 is 0 Å². The molecule has 1 fully saturated rings. The van der Waals surface area contributed by atoms with Gasteiger partial charge in [0.15, 0.2) is 11.3 Å². The van der Waals surface area contributed by atoms with E-state index < -0.39 is 12.1 Å². The number of rotatable bonds is 3. The summed E-state index contributed by atoms with van der Waals surface area (Å²) < 4.78 is 11.4. The molecule has 1 aromatic carbocycles. The molecular formula is C17H19NO6. The van der Waals surface area contributed by atoms with Crippen LogP contribution in [0.4, 0.5) is 5.88 Å². The average molecular weight is 333 g/mol. The van der Waals surface area contributed by atoms with Gasteiger partial charge in [0.05, 0.1) is 29.8 Å². The quantitative estimate of drug-likeness (QED) is 0.883. The molecule has 3 rings (SSSR count). The first-order valence-corrected chi connectivity index (χ1v) is 7.76. The van der Waals surface area contributed by atoms with Gasteiger partial charge in [0.2, 0.25) is 0 Å². The lowest BCUT2D eigenvalue weighted by Gasteiger charge is -2.31. The summed E-state index contributed by atoms with van der Waals surface area (Å²) in [5.74, 6) is -0.767. The third kappa shape index (κ3) is 3.00. The van der Waals surface area contributed by atoms with Crippen LogP contribution in [0.1, 0.15) is 35.9 Å². The summed E-state index contributed by atoms with van der Waals surface area (Å²) in [6.07, 6.45) is -0.945. The van der Waals surface area contributed by atoms with Gasteiger partial charge in [-0.3, -0.25) is 4.79 Å². The van der Waals surface area contributed by atoms with Gasteiger partial charge in [-0.15, -0.1) is 0 Å². The summed E-state index contributed by atoms with van der Waals surface area (Å²) in [4.78, 5) is 25.6. The number of carboxylic acids is 1. The molecule has 2 unspecified atom stereocenters. The number of carbonyl (C=O) groups is 1. The minimum Gasteiger partial charge on any atom is -0.478 e. The summed E-state index contributed by atoms with van der Waals surface area (Å²) in [5.41, 5.74) is 0.107. The standard InChI is InChI=1S/C17H19NO6/c1-9-8-18(3-4-23-9)15-7-14(20)13-6-11(17(21)22)5-12(10(2)19)16(13)24-15/h5-7,9-10,19H,3-4,8H2,1-2H3,(H,21,22). The van der Waals surface area contributed by atoms with E-state index in [1.807, 2.05) is 11.8 Å². The van der Waals surface area contributed by atoms with E-state index in [1.165, 1.54) is 25.1 Å². The number of hydrogen-bond donors (Lipinski definition) is 2. The van der Waals surface area contributed by atoms with Crippen molar-refractivity contribution in [2.45, 2.75) is 26.1 Å². The van der Waals surface area contributed by atoms with Crippen LogP contribution in [0.2, 0.25) is 0 Å². The van der Waals surface area contributed by atoms with Gasteiger partial charge < -0.3 is 24.3 Å². The second-order valence-corrected chi connectivity index (χ2v) is 6.00. The summed E-state index contributed by atoms with van der Waals surface area (Å²) in [7, 11) is 0. The van der Waals surface area contributed by atoms with Gasteiger partial charge in [0, 0.05) is 24.7 Å². The normalized spacial score (nSPS) is 19.5. The molecule has 2 N–H and O–H groups in total. The van der Waals surface area contributed by atoms with E-state index in [-0.39, 0.29) is 33.6 Å². The van der Waals surface area contributed by atoms with Gasteiger partial charge in [0.1, 0.15) is 5.58 Å². The maximum Gasteiger partial charge on any atom is 0.335 e. The molecule has 7 nitrogen and oxygen atoms in total. The summed E-state index contributed by atoms with van der Waals surface area (Å²) in [5, 5.41) is 19.3. The molecule has 2 heterocycles. The molecule has 1 aromatic heterocycles. The van der Waals surface area contributed by atoms with E-state index in [0.29, 0.717) is 25.6 Å². The number of nitrogens with zero attached hydrogens (tertiary/aromatic N) is 1. The molecule has 1 aliphatic rings. The lowest BCUT2D eigenvalue weighted by atomic mass is 10.0. The van der Waals surface area contributed by atoms with Crippen LogP contribution in [-0.2, 0) is 4.74 Å². The van der Waals surface area contributed by atoms with Crippen LogP contribution in [0.5, 0.6) is 0 Å². The summed E-state index contributed by atoms with van der Waals surface area (Å²) in [6, 6.07) is 3.98. The number of fused-ring (bicyclic) bond motifs is 1. The van der Waals surface area contributed by atoms with Gasteiger partial charge in [-0.2, -0.15) is 0 Å². The predicted molar refractivity (Wildman–Crippen MR) is 87.7 cm³/mol. The summed E-state index contributed by atoms with van der Waals surface area (Å²) >= 11 is 0. The predicted octanol–water partition coefficient (Wildman–Crippen LogP) is 1.77. The molecule has 1 aliphatic heterocycles. The maximum atomic E-state index is 12.5. The first-order valence-electron chi connectivity index (χ1n) is 7.76. The highest BCUT2D eigenvalue weighted by Gasteiger charge is 2.22. The average Bonchev–Trinajstić information content (AvgIpc) is 2.53. The Bertz CT molecular complexity index is 841. The molecule has 0 saturated carbocycles. The monoisotopic (exact) mass is 333 g/mol. The topological polar surface area (TPSA) is 100 Å². The molecule has 1 saturated heterocycles. The highest BCUT2D eigenvalue weighted by Crippen LogP contribution is 2.28. The van der Waals surface area contributed by atoms with Gasteiger partial charge in [-0.05, 0) is 26.0 Å². The van der Waals surface area contributed by atoms with E-state index in [0.717, 1.165) is 0 Å². The van der Waals surface area contributed by atoms with Gasteiger partial charge >= 0.3 is 5.97 Å². The van der Waals surface area contributed by atoms with Crippen LogP contribution >= 0.6 is 0 Å². The fourth-order valence-electron chi connectivity index (χ4n) is 2.88. The molecule has 7 heteroatoms. The van der Waals surface area contributed by atoms with Crippen LogP contribution in [0.3, 0.4) is 0 Å². The highest BCUT2D eigenvalue weighted by molar-refractivity contribution is 5.94. The molecule has 0 radical (unpaired) electrons. The zero-order chi connectivity index (χ0) is 17.4. The van der Waals surface area contributed by atoms with Crippen molar-refractivity contribution in [1.29, 1.82) is 0 Å². The van der Waals surface area contributed by atoms with Crippen molar-refractivity contribution in [2.75, 3.05) is 24.6 Å². The van der Waals surface area contributed by atoms with Crippen LogP contribution < -0.4 is 10.3 Å². The Kier molecular flexibility index (Phi) is 4.29. The van der Waals surface area contributed by atoms with Crippen molar-refractivity contribution >= 4 is 22.8 Å². The second kappa shape index (κ2) is 6.26. The number of hydrogen-bond acceptors (Lipinski definition) is 6. The lowest BCUT2D eigenvalue weighted by molar-refractivity contribution is 0.0517. The molecule has 2 atom stereocenters. The zero-order valence-corrected chi connectivity index (χ0v) is 13.5. The Labute approximate surface area is 138 Å². The number of carboxylic acid groups (broad SMARTS) is 1. The van der Waals surface area contributed by atoms with Crippen LogP contribution in [-0.4, -0.2) is 42.0 Å². The van der Waals surface area contributed by atoms with Crippen LogP contribution in [0.25, 0.3) is 11.0 Å². The largest absolute Gasteiger partial charge is 0.478 e. The van der Waals surface area contributed by atoms with Crippen LogP contribution in [0, 0.1) is 0 Å². The Morgan fingerprint density at radius 3 is 2.75 bits per heavy atom.